The summed E-state index contributed by atoms with van der Waals surface area (Å²) >= 11 is 0. The number of amides is 2. The molecule has 3 N–H and O–H groups in total. The fourth-order valence-corrected chi connectivity index (χ4v) is 4.32. The summed E-state index contributed by atoms with van der Waals surface area (Å²) in [6.07, 6.45) is 1.68. The van der Waals surface area contributed by atoms with Crippen molar-refractivity contribution in [3.63, 3.8) is 0 Å². The smallest absolute Gasteiger partial charge is 0.408 e. The van der Waals surface area contributed by atoms with Crippen LogP contribution in [0.5, 0.6) is 0 Å². The molecular weight excluding hydrogens is 590 g/mol. The van der Waals surface area contributed by atoms with Crippen LogP contribution >= 0.6 is 0 Å². The molecule has 2 amide bonds. The third-order valence-electron chi connectivity index (χ3n) is 6.26. The zero-order valence-electron chi connectivity index (χ0n) is 27.0. The van der Waals surface area contributed by atoms with Gasteiger partial charge in [0.15, 0.2) is 11.5 Å². The lowest BCUT2D eigenvalue weighted by Gasteiger charge is -2.24. The van der Waals surface area contributed by atoms with Crippen molar-refractivity contribution >= 4 is 35.1 Å². The number of benzene rings is 2. The van der Waals surface area contributed by atoms with E-state index in [0.717, 1.165) is 16.7 Å². The Morgan fingerprint density at radius 3 is 2.17 bits per heavy atom. The van der Waals surface area contributed by atoms with Crippen LogP contribution < -0.4 is 16.0 Å². The average molecular weight is 632 g/mol. The Hall–Kier alpha value is -5.20. The van der Waals surface area contributed by atoms with Gasteiger partial charge in [-0.1, -0.05) is 54.6 Å². The van der Waals surface area contributed by atoms with Crippen LogP contribution in [-0.4, -0.2) is 54.9 Å². The Kier molecular flexibility index (Phi) is 10.8. The lowest BCUT2D eigenvalue weighted by Crippen LogP contribution is -2.46. The van der Waals surface area contributed by atoms with Crippen LogP contribution in [0.2, 0.25) is 0 Å². The number of nitrogens with one attached hydrogen (secondary N) is 3. The minimum absolute atomic E-state index is 0.00496. The van der Waals surface area contributed by atoms with E-state index in [1.54, 1.807) is 25.3 Å². The van der Waals surface area contributed by atoms with Crippen molar-refractivity contribution in [2.45, 2.75) is 85.0 Å². The molecular formula is C33H41N7O6. The number of hydrogen-bond donors (Lipinski definition) is 3. The fourth-order valence-electron chi connectivity index (χ4n) is 4.32. The molecule has 2 aromatic carbocycles. The third-order valence-corrected chi connectivity index (χ3v) is 6.26. The number of aromatic nitrogens is 4. The van der Waals surface area contributed by atoms with Crippen molar-refractivity contribution in [2.75, 3.05) is 5.32 Å². The number of carbonyl (C=O) groups is 3. The van der Waals surface area contributed by atoms with Gasteiger partial charge in [0.05, 0.1) is 12.9 Å². The highest BCUT2D eigenvalue weighted by atomic mass is 16.6. The molecule has 244 valence electrons. The minimum atomic E-state index is -1.08. The molecule has 4 rings (SSSR count). The summed E-state index contributed by atoms with van der Waals surface area (Å²) in [4.78, 5) is 51.1. The van der Waals surface area contributed by atoms with Gasteiger partial charge in [-0.2, -0.15) is 0 Å². The van der Waals surface area contributed by atoms with Gasteiger partial charge in [0.2, 0.25) is 0 Å². The molecule has 0 aliphatic rings. The number of alkyl carbamates (subject to hydrolysis) is 2. The van der Waals surface area contributed by atoms with Crippen LogP contribution in [0.15, 0.2) is 67.3 Å². The predicted molar refractivity (Wildman–Crippen MR) is 172 cm³/mol. The number of esters is 1. The average Bonchev–Trinajstić information content (AvgIpc) is 3.40. The Morgan fingerprint density at radius 2 is 1.48 bits per heavy atom. The first kappa shape index (κ1) is 33.7. The summed E-state index contributed by atoms with van der Waals surface area (Å²) < 4.78 is 17.9. The molecule has 0 spiro atoms. The number of hydrogen-bond acceptors (Lipinski definition) is 10. The number of fused-ring (bicyclic) bond motifs is 1. The topological polar surface area (TPSA) is 159 Å². The molecule has 13 nitrogen and oxygen atoms in total. The number of carbonyl (C=O) groups excluding carboxylic acids is 3. The standard InChI is InChI=1S/C33H41N7O6/c1-32(2,3)45-29(41)25(39-31(43)44-19-22-11-8-7-9-12-22)18-40-21-38-26-27(36-20-37-28(26)40)34-16-23-13-10-14-24(15-23)17-35-30(42)46-33(4,5)6/h7-15,20-21,25H,16-19H2,1-6H3,(H,35,42)(H,39,43)(H,34,36,37)/t25-/m1/s1. The van der Waals surface area contributed by atoms with E-state index in [1.807, 2.05) is 75.4 Å². The van der Waals surface area contributed by atoms with E-state index in [9.17, 15) is 14.4 Å². The van der Waals surface area contributed by atoms with E-state index >= 15 is 0 Å². The summed E-state index contributed by atoms with van der Waals surface area (Å²) in [5.41, 5.74) is 2.27. The maximum absolute atomic E-state index is 13.1. The maximum Gasteiger partial charge on any atom is 0.408 e. The van der Waals surface area contributed by atoms with E-state index in [0.29, 0.717) is 30.1 Å². The van der Waals surface area contributed by atoms with Crippen molar-refractivity contribution < 1.29 is 28.6 Å². The second-order valence-electron chi connectivity index (χ2n) is 12.6. The number of rotatable bonds is 11. The van der Waals surface area contributed by atoms with Gasteiger partial charge in [-0.05, 0) is 58.2 Å². The van der Waals surface area contributed by atoms with Gasteiger partial charge in [0.1, 0.15) is 35.7 Å². The second-order valence-corrected chi connectivity index (χ2v) is 12.6. The van der Waals surface area contributed by atoms with Gasteiger partial charge in [0, 0.05) is 13.1 Å². The molecule has 0 aliphatic heterocycles. The first-order valence-corrected chi connectivity index (χ1v) is 14.9. The number of ether oxygens (including phenoxy) is 3. The number of nitrogens with zero attached hydrogens (tertiary/aromatic N) is 4. The quantitative estimate of drug-likeness (QED) is 0.150. The van der Waals surface area contributed by atoms with Crippen LogP contribution in [0.25, 0.3) is 11.2 Å². The number of imidazole rings is 1. The van der Waals surface area contributed by atoms with Crippen molar-refractivity contribution in [3.05, 3.63) is 83.9 Å². The summed E-state index contributed by atoms with van der Waals surface area (Å²) in [6, 6.07) is 15.9. The van der Waals surface area contributed by atoms with Crippen LogP contribution in [0, 0.1) is 0 Å². The molecule has 4 aromatic rings. The Labute approximate surface area is 268 Å². The molecule has 46 heavy (non-hydrogen) atoms. The third kappa shape index (κ3) is 10.5. The highest BCUT2D eigenvalue weighted by Crippen LogP contribution is 2.20. The van der Waals surface area contributed by atoms with Crippen LogP contribution in [0.3, 0.4) is 0 Å². The molecule has 2 aromatic heterocycles. The predicted octanol–water partition coefficient (Wildman–Crippen LogP) is 5.10. The van der Waals surface area contributed by atoms with Gasteiger partial charge in [0.25, 0.3) is 0 Å². The summed E-state index contributed by atoms with van der Waals surface area (Å²) in [5.74, 6) is -0.135. The van der Waals surface area contributed by atoms with Crippen molar-refractivity contribution in [1.29, 1.82) is 0 Å². The number of anilines is 1. The normalized spacial score (nSPS) is 12.2. The summed E-state index contributed by atoms with van der Waals surface area (Å²) in [7, 11) is 0. The lowest BCUT2D eigenvalue weighted by molar-refractivity contribution is -0.157. The van der Waals surface area contributed by atoms with Gasteiger partial charge < -0.3 is 34.7 Å². The van der Waals surface area contributed by atoms with Gasteiger partial charge in [-0.25, -0.2) is 29.3 Å². The molecule has 0 fully saturated rings. The van der Waals surface area contributed by atoms with E-state index in [4.69, 9.17) is 14.2 Å². The van der Waals surface area contributed by atoms with E-state index in [1.165, 1.54) is 12.7 Å². The fraction of sp³-hybridized carbons (Fsp3) is 0.394. The van der Waals surface area contributed by atoms with E-state index in [-0.39, 0.29) is 13.2 Å². The Bertz CT molecular complexity index is 1640. The molecule has 0 saturated heterocycles. The zero-order chi connectivity index (χ0) is 33.3. The molecule has 0 unspecified atom stereocenters. The SMILES string of the molecule is CC(C)(C)OC(=O)NCc1cccc(CNc2ncnc3c2ncn3C[C@@H](NC(=O)OCc2ccccc2)C(=O)OC(C)(C)C)c1. The highest BCUT2D eigenvalue weighted by molar-refractivity contribution is 5.84. The molecule has 0 aliphatic carbocycles. The molecule has 0 bridgehead atoms. The summed E-state index contributed by atoms with van der Waals surface area (Å²) in [6.45, 7) is 11.5. The second kappa shape index (κ2) is 14.7. The minimum Gasteiger partial charge on any atom is -0.458 e. The Balaban J connectivity index is 1.43. The van der Waals surface area contributed by atoms with Gasteiger partial charge >= 0.3 is 18.2 Å². The van der Waals surface area contributed by atoms with Crippen molar-refractivity contribution in [1.82, 2.24) is 30.2 Å². The summed E-state index contributed by atoms with van der Waals surface area (Å²) in [5, 5.41) is 8.69. The largest absolute Gasteiger partial charge is 0.458 e. The maximum atomic E-state index is 13.1. The van der Waals surface area contributed by atoms with Crippen LogP contribution in [0.4, 0.5) is 15.4 Å². The Morgan fingerprint density at radius 1 is 0.804 bits per heavy atom. The molecule has 0 saturated carbocycles. The van der Waals surface area contributed by atoms with Crippen LogP contribution in [-0.2, 0) is 45.2 Å². The highest BCUT2D eigenvalue weighted by Gasteiger charge is 2.29. The van der Waals surface area contributed by atoms with Gasteiger partial charge in [-0.15, -0.1) is 0 Å². The van der Waals surface area contributed by atoms with E-state index in [2.05, 4.69) is 30.9 Å². The molecule has 2 heterocycles. The van der Waals surface area contributed by atoms with Crippen molar-refractivity contribution in [3.8, 4) is 0 Å². The molecule has 0 radical (unpaired) electrons. The monoisotopic (exact) mass is 631 g/mol. The van der Waals surface area contributed by atoms with E-state index < -0.39 is 35.4 Å². The first-order chi connectivity index (χ1) is 21.8. The first-order valence-electron chi connectivity index (χ1n) is 14.9. The van der Waals surface area contributed by atoms with Crippen LogP contribution in [0.1, 0.15) is 58.2 Å². The van der Waals surface area contributed by atoms with Gasteiger partial charge in [-0.3, -0.25) is 0 Å². The zero-order valence-corrected chi connectivity index (χ0v) is 27.0. The molecule has 13 heteroatoms. The lowest BCUT2D eigenvalue weighted by atomic mass is 10.1. The molecule has 1 atom stereocenters. The van der Waals surface area contributed by atoms with Crippen molar-refractivity contribution in [2.24, 2.45) is 0 Å².